The van der Waals surface area contributed by atoms with Crippen LogP contribution < -0.4 is 20.5 Å². The van der Waals surface area contributed by atoms with Gasteiger partial charge in [-0.2, -0.15) is 11.8 Å². The topological polar surface area (TPSA) is 56.5 Å². The van der Waals surface area contributed by atoms with Crippen molar-refractivity contribution in [2.75, 3.05) is 43.8 Å². The van der Waals surface area contributed by atoms with Crippen LogP contribution in [0.2, 0.25) is 0 Å². The molecule has 0 aromatic heterocycles. The van der Waals surface area contributed by atoms with E-state index >= 15 is 0 Å². The number of anilines is 2. The maximum absolute atomic E-state index is 5.90. The third-order valence-corrected chi connectivity index (χ3v) is 2.79. The van der Waals surface area contributed by atoms with Gasteiger partial charge in [-0.3, -0.25) is 0 Å². The molecular formula is C11H18N2O2S. The Balaban J connectivity index is 2.84. The number of thioether (sulfide) groups is 1. The molecule has 0 aliphatic carbocycles. The molecule has 0 saturated carbocycles. The summed E-state index contributed by atoms with van der Waals surface area (Å²) >= 11 is 1.79. The maximum atomic E-state index is 5.90. The van der Waals surface area contributed by atoms with Crippen LogP contribution in [0.15, 0.2) is 12.1 Å². The molecule has 1 aromatic carbocycles. The third-order valence-electron chi connectivity index (χ3n) is 2.18. The lowest BCUT2D eigenvalue weighted by atomic mass is 10.2. The maximum Gasteiger partial charge on any atom is 0.162 e. The highest BCUT2D eigenvalue weighted by Crippen LogP contribution is 2.34. The fourth-order valence-corrected chi connectivity index (χ4v) is 1.64. The summed E-state index contributed by atoms with van der Waals surface area (Å²) in [5, 5.41) is 3.26. The first kappa shape index (κ1) is 12.8. The summed E-state index contributed by atoms with van der Waals surface area (Å²) in [5.41, 5.74) is 7.44. The second-order valence-corrected chi connectivity index (χ2v) is 4.20. The molecule has 0 radical (unpaired) electrons. The molecule has 3 N–H and O–H groups in total. The Kier molecular flexibility index (Phi) is 5.11. The standard InChI is InChI=1S/C11H18N2O2S/c1-14-10-6-8(12)9(7-11(10)15-2)13-4-5-16-3/h6-7,13H,4-5,12H2,1-3H3. The van der Waals surface area contributed by atoms with Crippen molar-refractivity contribution in [3.05, 3.63) is 12.1 Å². The van der Waals surface area contributed by atoms with Gasteiger partial charge < -0.3 is 20.5 Å². The Morgan fingerprint density at radius 2 is 1.88 bits per heavy atom. The van der Waals surface area contributed by atoms with E-state index in [1.165, 1.54) is 0 Å². The summed E-state index contributed by atoms with van der Waals surface area (Å²) in [6, 6.07) is 3.62. The van der Waals surface area contributed by atoms with Crippen LogP contribution in [-0.4, -0.2) is 32.8 Å². The molecule has 0 fully saturated rings. The van der Waals surface area contributed by atoms with E-state index < -0.39 is 0 Å². The fourth-order valence-electron chi connectivity index (χ4n) is 1.34. The van der Waals surface area contributed by atoms with E-state index in [1.807, 2.05) is 6.07 Å². The van der Waals surface area contributed by atoms with E-state index in [0.717, 1.165) is 18.0 Å². The summed E-state index contributed by atoms with van der Waals surface area (Å²) in [7, 11) is 3.21. The lowest BCUT2D eigenvalue weighted by Gasteiger charge is -2.13. The van der Waals surface area contributed by atoms with Crippen LogP contribution in [0.3, 0.4) is 0 Å². The minimum Gasteiger partial charge on any atom is -0.493 e. The lowest BCUT2D eigenvalue weighted by Crippen LogP contribution is -2.06. The highest BCUT2D eigenvalue weighted by Gasteiger charge is 2.08. The lowest BCUT2D eigenvalue weighted by molar-refractivity contribution is 0.355. The summed E-state index contributed by atoms with van der Waals surface area (Å²) < 4.78 is 10.4. The van der Waals surface area contributed by atoms with Gasteiger partial charge in [-0.25, -0.2) is 0 Å². The zero-order valence-corrected chi connectivity index (χ0v) is 10.7. The molecule has 0 atom stereocenters. The predicted octanol–water partition coefficient (Wildman–Crippen LogP) is 2.06. The quantitative estimate of drug-likeness (QED) is 0.590. The number of hydrogen-bond donors (Lipinski definition) is 2. The molecule has 0 aliphatic rings. The van der Waals surface area contributed by atoms with Crippen molar-refractivity contribution < 1.29 is 9.47 Å². The fraction of sp³-hybridized carbons (Fsp3) is 0.455. The molecule has 0 aliphatic heterocycles. The molecule has 0 heterocycles. The van der Waals surface area contributed by atoms with Gasteiger partial charge in [0.05, 0.1) is 25.6 Å². The summed E-state index contributed by atoms with van der Waals surface area (Å²) in [5.74, 6) is 2.37. The Hall–Kier alpha value is -1.23. The SMILES string of the molecule is COc1cc(N)c(NCCSC)cc1OC. The van der Waals surface area contributed by atoms with Gasteiger partial charge in [0.1, 0.15) is 0 Å². The molecule has 4 nitrogen and oxygen atoms in total. The van der Waals surface area contributed by atoms with Gasteiger partial charge >= 0.3 is 0 Å². The Labute approximate surface area is 100 Å². The number of rotatable bonds is 6. The molecule has 0 amide bonds. The Bertz CT molecular complexity index is 345. The van der Waals surface area contributed by atoms with Crippen molar-refractivity contribution in [1.82, 2.24) is 0 Å². The second kappa shape index (κ2) is 6.37. The highest BCUT2D eigenvalue weighted by molar-refractivity contribution is 7.98. The number of methoxy groups -OCH3 is 2. The van der Waals surface area contributed by atoms with Gasteiger partial charge in [0.15, 0.2) is 11.5 Å². The molecule has 1 aromatic rings. The molecule has 16 heavy (non-hydrogen) atoms. The van der Waals surface area contributed by atoms with Crippen LogP contribution in [0, 0.1) is 0 Å². The van der Waals surface area contributed by atoms with E-state index in [1.54, 1.807) is 32.0 Å². The van der Waals surface area contributed by atoms with Crippen LogP contribution >= 0.6 is 11.8 Å². The Morgan fingerprint density at radius 3 is 2.44 bits per heavy atom. The van der Waals surface area contributed by atoms with Gasteiger partial charge in [0.25, 0.3) is 0 Å². The smallest absolute Gasteiger partial charge is 0.162 e. The van der Waals surface area contributed by atoms with E-state index in [-0.39, 0.29) is 0 Å². The van der Waals surface area contributed by atoms with Crippen molar-refractivity contribution >= 4 is 23.1 Å². The molecule has 0 bridgehead atoms. The minimum atomic E-state index is 0.649. The molecule has 90 valence electrons. The largest absolute Gasteiger partial charge is 0.493 e. The number of benzene rings is 1. The number of ether oxygens (including phenoxy) is 2. The van der Waals surface area contributed by atoms with Gasteiger partial charge in [-0.1, -0.05) is 0 Å². The molecule has 0 saturated heterocycles. The van der Waals surface area contributed by atoms with Crippen LogP contribution in [0.25, 0.3) is 0 Å². The zero-order chi connectivity index (χ0) is 12.0. The van der Waals surface area contributed by atoms with Crippen molar-refractivity contribution in [1.29, 1.82) is 0 Å². The van der Waals surface area contributed by atoms with E-state index in [4.69, 9.17) is 15.2 Å². The van der Waals surface area contributed by atoms with Gasteiger partial charge in [0.2, 0.25) is 0 Å². The van der Waals surface area contributed by atoms with Crippen LogP contribution in [0.5, 0.6) is 11.5 Å². The van der Waals surface area contributed by atoms with Gasteiger partial charge in [0, 0.05) is 24.4 Å². The molecule has 0 spiro atoms. The van der Waals surface area contributed by atoms with Gasteiger partial charge in [-0.05, 0) is 6.26 Å². The normalized spacial score (nSPS) is 9.94. The van der Waals surface area contributed by atoms with Crippen molar-refractivity contribution in [3.63, 3.8) is 0 Å². The van der Waals surface area contributed by atoms with Crippen LogP contribution in [0.1, 0.15) is 0 Å². The third kappa shape index (κ3) is 3.13. The number of nitrogens with one attached hydrogen (secondary N) is 1. The molecule has 0 unspecified atom stereocenters. The summed E-state index contributed by atoms with van der Waals surface area (Å²) in [4.78, 5) is 0. The highest BCUT2D eigenvalue weighted by atomic mass is 32.2. The monoisotopic (exact) mass is 242 g/mol. The number of hydrogen-bond acceptors (Lipinski definition) is 5. The average molecular weight is 242 g/mol. The Morgan fingerprint density at radius 1 is 1.25 bits per heavy atom. The van der Waals surface area contributed by atoms with Crippen molar-refractivity contribution in [2.45, 2.75) is 0 Å². The number of nitrogens with two attached hydrogens (primary N) is 1. The zero-order valence-electron chi connectivity index (χ0n) is 9.87. The molecular weight excluding hydrogens is 224 g/mol. The second-order valence-electron chi connectivity index (χ2n) is 3.21. The van der Waals surface area contributed by atoms with Crippen LogP contribution in [-0.2, 0) is 0 Å². The van der Waals surface area contributed by atoms with E-state index in [9.17, 15) is 0 Å². The summed E-state index contributed by atoms with van der Waals surface area (Å²) in [6.45, 7) is 0.876. The van der Waals surface area contributed by atoms with E-state index in [2.05, 4.69) is 11.6 Å². The molecule has 5 heteroatoms. The average Bonchev–Trinajstić information content (AvgIpc) is 2.31. The van der Waals surface area contributed by atoms with Gasteiger partial charge in [-0.15, -0.1) is 0 Å². The predicted molar refractivity (Wildman–Crippen MR) is 70.8 cm³/mol. The first-order chi connectivity index (χ1) is 7.72. The van der Waals surface area contributed by atoms with Crippen molar-refractivity contribution in [2.24, 2.45) is 0 Å². The summed E-state index contributed by atoms with van der Waals surface area (Å²) in [6.07, 6.45) is 2.07. The van der Waals surface area contributed by atoms with E-state index in [0.29, 0.717) is 17.2 Å². The van der Waals surface area contributed by atoms with Crippen LogP contribution in [0.4, 0.5) is 11.4 Å². The number of nitrogen functional groups attached to an aromatic ring is 1. The minimum absolute atomic E-state index is 0.649. The first-order valence-corrected chi connectivity index (χ1v) is 6.36. The first-order valence-electron chi connectivity index (χ1n) is 4.97. The van der Waals surface area contributed by atoms with Crippen molar-refractivity contribution in [3.8, 4) is 11.5 Å². The molecule has 1 rings (SSSR count).